The van der Waals surface area contributed by atoms with Crippen LogP contribution < -0.4 is 5.73 Å². The second-order valence-corrected chi connectivity index (χ2v) is 7.53. The summed E-state index contributed by atoms with van der Waals surface area (Å²) in [7, 11) is 0. The summed E-state index contributed by atoms with van der Waals surface area (Å²) in [4.78, 5) is 0. The van der Waals surface area contributed by atoms with Crippen LogP contribution in [0.2, 0.25) is 0 Å². The number of hydrogen-bond acceptors (Lipinski definition) is 2. The van der Waals surface area contributed by atoms with E-state index in [0.29, 0.717) is 5.54 Å². The van der Waals surface area contributed by atoms with E-state index in [1.807, 2.05) is 6.20 Å². The lowest BCUT2D eigenvalue weighted by Gasteiger charge is -2.57. The molecule has 0 aromatic carbocycles. The lowest BCUT2D eigenvalue weighted by atomic mass is 9.53. The van der Waals surface area contributed by atoms with E-state index in [9.17, 15) is 0 Å². The van der Waals surface area contributed by atoms with E-state index in [1.165, 1.54) is 49.8 Å². The van der Waals surface area contributed by atoms with Crippen LogP contribution in [0.1, 0.15) is 62.7 Å². The van der Waals surface area contributed by atoms with Gasteiger partial charge < -0.3 is 5.73 Å². The molecule has 104 valence electrons. The fraction of sp³-hybridized carbons (Fsp3) is 0.812. The maximum absolute atomic E-state index is 6.07. The van der Waals surface area contributed by atoms with Crippen molar-refractivity contribution < 1.29 is 0 Å². The van der Waals surface area contributed by atoms with Gasteiger partial charge in [-0.2, -0.15) is 5.10 Å². The molecule has 0 radical (unpaired) electrons. The largest absolute Gasteiger partial charge is 0.324 e. The van der Waals surface area contributed by atoms with Crippen LogP contribution in [-0.4, -0.2) is 9.78 Å². The van der Waals surface area contributed by atoms with Gasteiger partial charge in [0.05, 0.1) is 11.7 Å². The maximum atomic E-state index is 6.07. The first-order chi connectivity index (χ1) is 9.07. The van der Waals surface area contributed by atoms with E-state index >= 15 is 0 Å². The molecule has 0 spiro atoms. The molecule has 4 aliphatic rings. The van der Waals surface area contributed by atoms with E-state index in [0.717, 1.165) is 17.8 Å². The average molecular weight is 259 g/mol. The van der Waals surface area contributed by atoms with Crippen molar-refractivity contribution in [1.29, 1.82) is 0 Å². The van der Waals surface area contributed by atoms with Crippen LogP contribution in [0.5, 0.6) is 0 Å². The molecule has 4 saturated carbocycles. The van der Waals surface area contributed by atoms with Crippen LogP contribution in [0, 0.1) is 24.7 Å². The molecule has 4 fully saturated rings. The van der Waals surface area contributed by atoms with Crippen molar-refractivity contribution >= 4 is 0 Å². The Hall–Kier alpha value is -0.830. The number of hydrogen-bond donors (Lipinski definition) is 1. The fourth-order valence-electron chi connectivity index (χ4n) is 5.67. The first-order valence-electron chi connectivity index (χ1n) is 7.88. The van der Waals surface area contributed by atoms with Gasteiger partial charge in [0.1, 0.15) is 0 Å². The molecule has 1 atom stereocenters. The Labute approximate surface area is 115 Å². The summed E-state index contributed by atoms with van der Waals surface area (Å²) >= 11 is 0. The highest BCUT2D eigenvalue weighted by atomic mass is 15.3. The van der Waals surface area contributed by atoms with E-state index in [1.54, 1.807) is 0 Å². The molecule has 1 heterocycles. The Balaban J connectivity index is 1.75. The number of aromatic nitrogens is 2. The minimum absolute atomic E-state index is 0.0997. The quantitative estimate of drug-likeness (QED) is 0.886. The van der Waals surface area contributed by atoms with E-state index in [-0.39, 0.29) is 6.04 Å². The third-order valence-electron chi connectivity index (χ3n) is 5.99. The molecule has 3 heteroatoms. The lowest BCUT2D eigenvalue weighted by Crippen LogP contribution is -2.52. The lowest BCUT2D eigenvalue weighted by molar-refractivity contribution is -0.0504. The van der Waals surface area contributed by atoms with Gasteiger partial charge in [-0.05, 0) is 70.1 Å². The highest BCUT2D eigenvalue weighted by Gasteiger charge is 2.52. The molecule has 4 aliphatic carbocycles. The van der Waals surface area contributed by atoms with Crippen LogP contribution >= 0.6 is 0 Å². The molecule has 0 saturated heterocycles. The molecular weight excluding hydrogens is 234 g/mol. The summed E-state index contributed by atoms with van der Waals surface area (Å²) in [6, 6.07) is 0.0997. The Morgan fingerprint density at radius 1 is 1.21 bits per heavy atom. The first kappa shape index (κ1) is 12.0. The number of nitrogens with zero attached hydrogens (tertiary/aromatic N) is 2. The molecule has 0 aliphatic heterocycles. The van der Waals surface area contributed by atoms with Crippen LogP contribution in [0.15, 0.2) is 6.20 Å². The highest BCUT2D eigenvalue weighted by Crippen LogP contribution is 2.58. The molecule has 2 N–H and O–H groups in total. The van der Waals surface area contributed by atoms with E-state index in [4.69, 9.17) is 10.8 Å². The van der Waals surface area contributed by atoms with Gasteiger partial charge >= 0.3 is 0 Å². The minimum atomic E-state index is 0.0997. The number of rotatable bonds is 2. The molecule has 19 heavy (non-hydrogen) atoms. The zero-order valence-corrected chi connectivity index (χ0v) is 12.1. The van der Waals surface area contributed by atoms with Gasteiger partial charge in [-0.25, -0.2) is 0 Å². The summed E-state index contributed by atoms with van der Waals surface area (Å²) in [5.41, 5.74) is 8.95. The minimum Gasteiger partial charge on any atom is -0.324 e. The predicted octanol–water partition coefficient (Wildman–Crippen LogP) is 3.14. The van der Waals surface area contributed by atoms with Gasteiger partial charge in [0.25, 0.3) is 0 Å². The van der Waals surface area contributed by atoms with Crippen molar-refractivity contribution in [1.82, 2.24) is 9.78 Å². The maximum Gasteiger partial charge on any atom is 0.0638 e. The van der Waals surface area contributed by atoms with Crippen molar-refractivity contribution in [3.63, 3.8) is 0 Å². The third kappa shape index (κ3) is 1.63. The van der Waals surface area contributed by atoms with Gasteiger partial charge in [-0.1, -0.05) is 0 Å². The topological polar surface area (TPSA) is 43.8 Å². The van der Waals surface area contributed by atoms with Gasteiger partial charge in [0.2, 0.25) is 0 Å². The van der Waals surface area contributed by atoms with Crippen LogP contribution in [0.3, 0.4) is 0 Å². The SMILES string of the molecule is Cc1c(C(C)N)cnn1C12CC3CC(CC(C3)C1)C2. The zero-order chi connectivity index (χ0) is 13.2. The number of nitrogens with two attached hydrogens (primary N) is 1. The summed E-state index contributed by atoms with van der Waals surface area (Å²) in [5, 5.41) is 4.76. The van der Waals surface area contributed by atoms with Crippen molar-refractivity contribution in [2.24, 2.45) is 23.5 Å². The molecule has 1 aromatic heterocycles. The van der Waals surface area contributed by atoms with Crippen LogP contribution in [-0.2, 0) is 5.54 Å². The second-order valence-electron chi connectivity index (χ2n) is 7.53. The Morgan fingerprint density at radius 3 is 2.16 bits per heavy atom. The molecule has 4 bridgehead atoms. The normalized spacial score (nSPS) is 41.7. The molecule has 5 rings (SSSR count). The standard InChI is InChI=1S/C16H25N3/c1-10(17)15-9-18-19(11(15)2)16-6-12-3-13(7-16)5-14(4-12)8-16/h9-10,12-14H,3-8,17H2,1-2H3. The summed E-state index contributed by atoms with van der Waals surface area (Å²) in [6.45, 7) is 4.28. The summed E-state index contributed by atoms with van der Waals surface area (Å²) < 4.78 is 2.37. The Bertz CT molecular complexity index is 465. The summed E-state index contributed by atoms with van der Waals surface area (Å²) in [6.07, 6.45) is 10.6. The molecular formula is C16H25N3. The van der Waals surface area contributed by atoms with E-state index in [2.05, 4.69) is 18.5 Å². The van der Waals surface area contributed by atoms with Crippen LogP contribution in [0.4, 0.5) is 0 Å². The van der Waals surface area contributed by atoms with Crippen molar-refractivity contribution in [2.75, 3.05) is 0 Å². The van der Waals surface area contributed by atoms with Crippen LogP contribution in [0.25, 0.3) is 0 Å². The third-order valence-corrected chi connectivity index (χ3v) is 5.99. The summed E-state index contributed by atoms with van der Waals surface area (Å²) in [5.74, 6) is 2.90. The Kier molecular flexibility index (Phi) is 2.42. The fourth-order valence-corrected chi connectivity index (χ4v) is 5.67. The predicted molar refractivity (Wildman–Crippen MR) is 75.7 cm³/mol. The molecule has 1 aromatic rings. The molecule has 0 amide bonds. The first-order valence-corrected chi connectivity index (χ1v) is 7.88. The van der Waals surface area contributed by atoms with Crippen molar-refractivity contribution in [2.45, 2.75) is 64.0 Å². The van der Waals surface area contributed by atoms with Gasteiger partial charge in [-0.15, -0.1) is 0 Å². The van der Waals surface area contributed by atoms with E-state index < -0.39 is 0 Å². The average Bonchev–Trinajstić information content (AvgIpc) is 2.69. The highest BCUT2D eigenvalue weighted by molar-refractivity contribution is 5.22. The van der Waals surface area contributed by atoms with Gasteiger partial charge in [-0.3, -0.25) is 4.68 Å². The molecule has 3 nitrogen and oxygen atoms in total. The van der Waals surface area contributed by atoms with Gasteiger partial charge in [0, 0.05) is 17.3 Å². The molecule has 1 unspecified atom stereocenters. The zero-order valence-electron chi connectivity index (χ0n) is 12.1. The van der Waals surface area contributed by atoms with Crippen molar-refractivity contribution in [3.05, 3.63) is 17.5 Å². The Morgan fingerprint density at radius 2 is 1.74 bits per heavy atom. The smallest absolute Gasteiger partial charge is 0.0638 e. The second kappa shape index (κ2) is 3.85. The monoisotopic (exact) mass is 259 g/mol. The van der Waals surface area contributed by atoms with Gasteiger partial charge in [0.15, 0.2) is 0 Å². The van der Waals surface area contributed by atoms with Crippen molar-refractivity contribution in [3.8, 4) is 0 Å².